The molecule has 39 heavy (non-hydrogen) atoms. The Hall–Kier alpha value is -3.10. The maximum atomic E-state index is 12.3. The zero-order valence-corrected chi connectivity index (χ0v) is 22.4. The Morgan fingerprint density at radius 3 is 2.28 bits per heavy atom. The third-order valence-corrected chi connectivity index (χ3v) is 6.88. The Kier molecular flexibility index (Phi) is 9.51. The van der Waals surface area contributed by atoms with Crippen molar-refractivity contribution in [2.24, 2.45) is 5.16 Å². The second-order valence-corrected chi connectivity index (χ2v) is 9.46. The van der Waals surface area contributed by atoms with Gasteiger partial charge in [-0.25, -0.2) is 9.97 Å². The number of ether oxygens (including phenoxy) is 5. The molecule has 9 nitrogen and oxygen atoms in total. The lowest BCUT2D eigenvalue weighted by atomic mass is 9.99. The van der Waals surface area contributed by atoms with Crippen LogP contribution in [0.2, 0.25) is 0 Å². The molecule has 0 aliphatic carbocycles. The van der Waals surface area contributed by atoms with Gasteiger partial charge in [0.2, 0.25) is 5.88 Å². The normalized spacial score (nSPS) is 23.7. The fraction of sp³-hybridized carbons (Fsp3) is 0.423. The van der Waals surface area contributed by atoms with Crippen molar-refractivity contribution in [2.45, 2.75) is 43.8 Å². The smallest absolute Gasteiger partial charge is 0.422 e. The summed E-state index contributed by atoms with van der Waals surface area (Å²) in [5.41, 5.74) is 3.10. The monoisotopic (exact) mass is 567 g/mol. The first kappa shape index (κ1) is 28.9. The van der Waals surface area contributed by atoms with Gasteiger partial charge in [0.25, 0.3) is 6.29 Å². The van der Waals surface area contributed by atoms with E-state index in [-0.39, 0.29) is 24.2 Å². The fourth-order valence-corrected chi connectivity index (χ4v) is 4.90. The number of pyridine rings is 1. The lowest BCUT2D eigenvalue weighted by molar-refractivity contribution is -0.305. The standard InChI is InChI=1S/C26H28F3N3O6S/c1-15-21(33-2)22(34-3)23(35-4)25(37-15)38-31-11-16-5-7-17(8-6-16)19-13-39-24(32-19)18-9-10-20(30-12-18)36-14-26(27,28)29/h5-13,15,21-23,25H,14H2,1-4H3/b31-11+/t15-,21-,22+,23+,25-/m0/s1. The highest BCUT2D eigenvalue weighted by Crippen LogP contribution is 2.30. The van der Waals surface area contributed by atoms with Gasteiger partial charge in [-0.05, 0) is 18.6 Å². The van der Waals surface area contributed by atoms with Crippen LogP contribution >= 0.6 is 11.3 Å². The topological polar surface area (TPSA) is 93.5 Å². The number of aromatic nitrogens is 2. The van der Waals surface area contributed by atoms with Crippen molar-refractivity contribution in [1.82, 2.24) is 9.97 Å². The third-order valence-electron chi connectivity index (χ3n) is 5.99. The molecule has 1 aromatic carbocycles. The summed E-state index contributed by atoms with van der Waals surface area (Å²) in [7, 11) is 4.72. The molecule has 0 N–H and O–H groups in total. The molecule has 5 atom stereocenters. The van der Waals surface area contributed by atoms with Crippen molar-refractivity contribution < 1.29 is 41.7 Å². The molecule has 1 saturated heterocycles. The average molecular weight is 568 g/mol. The van der Waals surface area contributed by atoms with E-state index in [1.165, 1.54) is 23.6 Å². The summed E-state index contributed by atoms with van der Waals surface area (Å²) in [6.07, 6.45) is -3.71. The molecule has 13 heteroatoms. The van der Waals surface area contributed by atoms with Gasteiger partial charge in [0.05, 0.1) is 18.0 Å². The van der Waals surface area contributed by atoms with E-state index >= 15 is 0 Å². The lowest BCUT2D eigenvalue weighted by Gasteiger charge is -2.42. The second kappa shape index (κ2) is 12.8. The highest BCUT2D eigenvalue weighted by Gasteiger charge is 2.46. The number of hydrogen-bond donors (Lipinski definition) is 0. The molecule has 3 heterocycles. The van der Waals surface area contributed by atoms with Crippen LogP contribution in [0.1, 0.15) is 12.5 Å². The summed E-state index contributed by atoms with van der Waals surface area (Å²) in [6.45, 7) is 0.477. The fourth-order valence-electron chi connectivity index (χ4n) is 4.08. The minimum absolute atomic E-state index is 0.103. The van der Waals surface area contributed by atoms with Gasteiger partial charge in [-0.1, -0.05) is 29.4 Å². The van der Waals surface area contributed by atoms with Crippen molar-refractivity contribution in [2.75, 3.05) is 27.9 Å². The van der Waals surface area contributed by atoms with Crippen molar-refractivity contribution in [1.29, 1.82) is 0 Å². The molecule has 1 fully saturated rings. The molecule has 3 aromatic rings. The van der Waals surface area contributed by atoms with Crippen molar-refractivity contribution in [3.63, 3.8) is 0 Å². The highest BCUT2D eigenvalue weighted by molar-refractivity contribution is 7.13. The molecule has 1 aliphatic rings. The molecule has 2 aromatic heterocycles. The van der Waals surface area contributed by atoms with E-state index in [9.17, 15) is 13.2 Å². The largest absolute Gasteiger partial charge is 0.468 e. The van der Waals surface area contributed by atoms with E-state index in [1.54, 1.807) is 33.6 Å². The molecular weight excluding hydrogens is 539 g/mol. The van der Waals surface area contributed by atoms with Crippen LogP contribution in [0.4, 0.5) is 13.2 Å². The average Bonchev–Trinajstić information content (AvgIpc) is 3.42. The summed E-state index contributed by atoms with van der Waals surface area (Å²) in [5, 5.41) is 6.65. The molecule has 0 unspecified atom stereocenters. The maximum absolute atomic E-state index is 12.3. The quantitative estimate of drug-likeness (QED) is 0.251. The van der Waals surface area contributed by atoms with Crippen LogP contribution in [-0.4, -0.2) is 81.0 Å². The van der Waals surface area contributed by atoms with Gasteiger partial charge in [0, 0.05) is 50.1 Å². The zero-order valence-electron chi connectivity index (χ0n) is 21.6. The summed E-state index contributed by atoms with van der Waals surface area (Å²) in [5.74, 6) is -0.103. The van der Waals surface area contributed by atoms with Gasteiger partial charge in [0.15, 0.2) is 12.7 Å². The number of thiazole rings is 1. The van der Waals surface area contributed by atoms with Gasteiger partial charge < -0.3 is 28.5 Å². The molecule has 0 bridgehead atoms. The summed E-state index contributed by atoms with van der Waals surface area (Å²) in [6, 6.07) is 10.5. The third kappa shape index (κ3) is 7.31. The molecule has 210 valence electrons. The number of benzene rings is 1. The number of halogens is 3. The molecule has 4 rings (SSSR count). The summed E-state index contributed by atoms with van der Waals surface area (Å²) >= 11 is 1.40. The van der Waals surface area contributed by atoms with Crippen LogP contribution in [0.5, 0.6) is 5.88 Å². The van der Waals surface area contributed by atoms with E-state index in [2.05, 4.69) is 19.9 Å². The number of methoxy groups -OCH3 is 3. The SMILES string of the molecule is CO[C@@H]1[C@@H](OC)[C@H](C)O[C@@H](O/N=C/c2ccc(-c3csc(-c4ccc(OCC(F)(F)F)nc4)n3)cc2)[C@@H]1OC. The molecule has 0 spiro atoms. The maximum Gasteiger partial charge on any atom is 0.422 e. The molecule has 1 aliphatic heterocycles. The van der Waals surface area contributed by atoms with Crippen LogP contribution < -0.4 is 4.74 Å². The van der Waals surface area contributed by atoms with Crippen LogP contribution in [-0.2, 0) is 23.8 Å². The van der Waals surface area contributed by atoms with Gasteiger partial charge in [-0.2, -0.15) is 13.2 Å². The number of hydrogen-bond acceptors (Lipinski definition) is 10. The minimum Gasteiger partial charge on any atom is -0.468 e. The van der Waals surface area contributed by atoms with Crippen LogP contribution in [0, 0.1) is 0 Å². The first-order valence-corrected chi connectivity index (χ1v) is 12.8. The van der Waals surface area contributed by atoms with E-state index in [0.717, 1.165) is 16.8 Å². The van der Waals surface area contributed by atoms with E-state index < -0.39 is 25.2 Å². The zero-order chi connectivity index (χ0) is 28.0. The Labute approximate surface area is 227 Å². The second-order valence-electron chi connectivity index (χ2n) is 8.60. The van der Waals surface area contributed by atoms with Gasteiger partial charge in [-0.15, -0.1) is 11.3 Å². The Morgan fingerprint density at radius 2 is 1.67 bits per heavy atom. The first-order chi connectivity index (χ1) is 18.7. The summed E-state index contributed by atoms with van der Waals surface area (Å²) in [4.78, 5) is 14.2. The van der Waals surface area contributed by atoms with Crippen molar-refractivity contribution in [3.8, 4) is 27.7 Å². The van der Waals surface area contributed by atoms with E-state index in [4.69, 9.17) is 23.8 Å². The Bertz CT molecular complexity index is 1220. The Balaban J connectivity index is 1.36. The lowest BCUT2D eigenvalue weighted by Crippen LogP contribution is -2.59. The number of nitrogens with zero attached hydrogens (tertiary/aromatic N) is 3. The summed E-state index contributed by atoms with van der Waals surface area (Å²) < 4.78 is 64.0. The first-order valence-electron chi connectivity index (χ1n) is 11.9. The van der Waals surface area contributed by atoms with Gasteiger partial charge in [0.1, 0.15) is 17.2 Å². The molecule has 0 radical (unpaired) electrons. The number of rotatable bonds is 10. The van der Waals surface area contributed by atoms with Crippen LogP contribution in [0.25, 0.3) is 21.8 Å². The van der Waals surface area contributed by atoms with Crippen LogP contribution in [0.15, 0.2) is 53.1 Å². The molecule has 0 amide bonds. The molecule has 0 saturated carbocycles. The van der Waals surface area contributed by atoms with Gasteiger partial charge >= 0.3 is 6.18 Å². The predicted molar refractivity (Wildman–Crippen MR) is 138 cm³/mol. The van der Waals surface area contributed by atoms with E-state index in [1.807, 2.05) is 36.6 Å². The van der Waals surface area contributed by atoms with Gasteiger partial charge in [-0.3, -0.25) is 0 Å². The predicted octanol–water partition coefficient (Wildman–Crippen LogP) is 4.95. The highest BCUT2D eigenvalue weighted by atomic mass is 32.1. The minimum atomic E-state index is -4.42. The van der Waals surface area contributed by atoms with Crippen molar-refractivity contribution in [3.05, 3.63) is 53.5 Å². The van der Waals surface area contributed by atoms with Crippen LogP contribution in [0.3, 0.4) is 0 Å². The van der Waals surface area contributed by atoms with E-state index in [0.29, 0.717) is 10.6 Å². The Morgan fingerprint density at radius 1 is 0.974 bits per heavy atom. The van der Waals surface area contributed by atoms with Crippen molar-refractivity contribution >= 4 is 17.6 Å². The number of alkyl halides is 3. The molecular formula is C26H28F3N3O6S. The number of oxime groups is 1.